The number of furan rings is 1. The predicted octanol–water partition coefficient (Wildman–Crippen LogP) is 3.91. The first-order valence-electron chi connectivity index (χ1n) is 6.33. The second kappa shape index (κ2) is 5.21. The molecule has 0 saturated carbocycles. The molecule has 1 aromatic heterocycles. The fourth-order valence-electron chi connectivity index (χ4n) is 2.36. The second-order valence-electron chi connectivity index (χ2n) is 4.62. The highest BCUT2D eigenvalue weighted by molar-refractivity contribution is 7.99. The van der Waals surface area contributed by atoms with Gasteiger partial charge >= 0.3 is 0 Å². The van der Waals surface area contributed by atoms with Crippen LogP contribution in [-0.4, -0.2) is 5.75 Å². The Kier molecular flexibility index (Phi) is 3.43. The highest BCUT2D eigenvalue weighted by atomic mass is 32.2. The van der Waals surface area contributed by atoms with Crippen molar-refractivity contribution in [3.8, 4) is 0 Å². The second-order valence-corrected chi connectivity index (χ2v) is 5.76. The lowest BCUT2D eigenvalue weighted by Gasteiger charge is -2.25. The van der Waals surface area contributed by atoms with Crippen molar-refractivity contribution in [2.45, 2.75) is 30.8 Å². The maximum absolute atomic E-state index is 5.59. The molecular weight excluding hydrogens is 242 g/mol. The molecule has 3 rings (SSSR count). The van der Waals surface area contributed by atoms with Gasteiger partial charge in [0.15, 0.2) is 0 Å². The van der Waals surface area contributed by atoms with Gasteiger partial charge in [-0.3, -0.25) is 0 Å². The zero-order valence-corrected chi connectivity index (χ0v) is 11.3. The Morgan fingerprint density at radius 1 is 1.28 bits per heavy atom. The number of thioether (sulfide) groups is 1. The van der Waals surface area contributed by atoms with E-state index in [1.807, 2.05) is 30.8 Å². The quantitative estimate of drug-likeness (QED) is 0.904. The van der Waals surface area contributed by atoms with Crippen molar-refractivity contribution in [3.63, 3.8) is 0 Å². The molecule has 94 valence electrons. The molecule has 0 amide bonds. The molecule has 2 aromatic rings. The molecule has 1 aliphatic heterocycles. The molecule has 1 aromatic carbocycles. The standard InChI is InChI=1S/C15H17NOS/c1-11-6-7-12(17-11)10-16-14-8-9-18-15-5-3-2-4-13(14)15/h2-7,14,16H,8-10H2,1H3. The Labute approximate surface area is 112 Å². The normalized spacial score (nSPS) is 18.6. The van der Waals surface area contributed by atoms with Crippen LogP contribution in [0.15, 0.2) is 45.7 Å². The van der Waals surface area contributed by atoms with Crippen LogP contribution in [0.3, 0.4) is 0 Å². The van der Waals surface area contributed by atoms with E-state index >= 15 is 0 Å². The molecule has 1 unspecified atom stereocenters. The molecule has 0 spiro atoms. The minimum Gasteiger partial charge on any atom is -0.465 e. The van der Waals surface area contributed by atoms with Crippen LogP contribution in [0.1, 0.15) is 29.5 Å². The van der Waals surface area contributed by atoms with Crippen molar-refractivity contribution in [2.24, 2.45) is 0 Å². The van der Waals surface area contributed by atoms with Crippen molar-refractivity contribution >= 4 is 11.8 Å². The molecule has 18 heavy (non-hydrogen) atoms. The molecule has 3 heteroatoms. The van der Waals surface area contributed by atoms with E-state index in [0.717, 1.165) is 18.1 Å². The molecule has 0 aliphatic carbocycles. The summed E-state index contributed by atoms with van der Waals surface area (Å²) in [5, 5.41) is 3.60. The molecule has 0 radical (unpaired) electrons. The molecule has 1 N–H and O–H groups in total. The van der Waals surface area contributed by atoms with Gasteiger partial charge in [0.2, 0.25) is 0 Å². The molecule has 0 fully saturated rings. The number of hydrogen-bond donors (Lipinski definition) is 1. The van der Waals surface area contributed by atoms with Gasteiger partial charge in [-0.2, -0.15) is 0 Å². The lowest BCUT2D eigenvalue weighted by Crippen LogP contribution is -2.23. The summed E-state index contributed by atoms with van der Waals surface area (Å²) in [5.41, 5.74) is 1.43. The summed E-state index contributed by atoms with van der Waals surface area (Å²) < 4.78 is 5.59. The van der Waals surface area contributed by atoms with E-state index in [4.69, 9.17) is 4.42 Å². The Bertz CT molecular complexity index is 535. The SMILES string of the molecule is Cc1ccc(CNC2CCSc3ccccc32)o1. The van der Waals surface area contributed by atoms with Crippen LogP contribution in [0.4, 0.5) is 0 Å². The Balaban J connectivity index is 1.71. The average Bonchev–Trinajstić information content (AvgIpc) is 2.82. The van der Waals surface area contributed by atoms with Gasteiger partial charge in [-0.25, -0.2) is 0 Å². The predicted molar refractivity (Wildman–Crippen MR) is 74.8 cm³/mol. The summed E-state index contributed by atoms with van der Waals surface area (Å²) in [5.74, 6) is 3.18. The highest BCUT2D eigenvalue weighted by Gasteiger charge is 2.19. The third-order valence-corrected chi connectivity index (χ3v) is 4.40. The number of benzene rings is 1. The summed E-state index contributed by atoms with van der Waals surface area (Å²) >= 11 is 1.95. The maximum Gasteiger partial charge on any atom is 0.117 e. The Hall–Kier alpha value is -1.19. The van der Waals surface area contributed by atoms with E-state index in [1.54, 1.807) is 0 Å². The van der Waals surface area contributed by atoms with Crippen molar-refractivity contribution in [2.75, 3.05) is 5.75 Å². The van der Waals surface area contributed by atoms with Crippen molar-refractivity contribution in [3.05, 3.63) is 53.5 Å². The maximum atomic E-state index is 5.59. The minimum absolute atomic E-state index is 0.452. The molecule has 1 atom stereocenters. The molecule has 2 heterocycles. The first kappa shape index (κ1) is 11.9. The lowest BCUT2D eigenvalue weighted by molar-refractivity contribution is 0.428. The zero-order valence-electron chi connectivity index (χ0n) is 10.5. The van der Waals surface area contributed by atoms with Gasteiger partial charge in [0.25, 0.3) is 0 Å². The lowest BCUT2D eigenvalue weighted by atomic mass is 10.0. The van der Waals surface area contributed by atoms with Crippen molar-refractivity contribution < 1.29 is 4.42 Å². The Morgan fingerprint density at radius 3 is 3.00 bits per heavy atom. The number of nitrogens with one attached hydrogen (secondary N) is 1. The van der Waals surface area contributed by atoms with E-state index in [-0.39, 0.29) is 0 Å². The fourth-order valence-corrected chi connectivity index (χ4v) is 3.48. The Morgan fingerprint density at radius 2 is 2.17 bits per heavy atom. The van der Waals surface area contributed by atoms with Crippen LogP contribution in [0.25, 0.3) is 0 Å². The van der Waals surface area contributed by atoms with Gasteiger partial charge in [0.05, 0.1) is 6.54 Å². The summed E-state index contributed by atoms with van der Waals surface area (Å²) in [4.78, 5) is 1.41. The number of fused-ring (bicyclic) bond motifs is 1. The van der Waals surface area contributed by atoms with Gasteiger partial charge in [0, 0.05) is 10.9 Å². The van der Waals surface area contributed by atoms with Crippen molar-refractivity contribution in [1.82, 2.24) is 5.32 Å². The largest absolute Gasteiger partial charge is 0.465 e. The first-order valence-corrected chi connectivity index (χ1v) is 7.32. The van der Waals surface area contributed by atoms with Crippen LogP contribution >= 0.6 is 11.8 Å². The van der Waals surface area contributed by atoms with Gasteiger partial charge in [-0.05, 0) is 42.9 Å². The summed E-state index contributed by atoms with van der Waals surface area (Å²) in [7, 11) is 0. The molecule has 1 aliphatic rings. The van der Waals surface area contributed by atoms with Crippen LogP contribution in [0.2, 0.25) is 0 Å². The molecule has 0 bridgehead atoms. The van der Waals surface area contributed by atoms with Crippen LogP contribution < -0.4 is 5.32 Å². The van der Waals surface area contributed by atoms with Gasteiger partial charge < -0.3 is 9.73 Å². The van der Waals surface area contributed by atoms with Crippen LogP contribution in [0.5, 0.6) is 0 Å². The monoisotopic (exact) mass is 259 g/mol. The van der Waals surface area contributed by atoms with Gasteiger partial charge in [-0.1, -0.05) is 18.2 Å². The molecule has 2 nitrogen and oxygen atoms in total. The van der Waals surface area contributed by atoms with Gasteiger partial charge in [0.1, 0.15) is 11.5 Å². The number of hydrogen-bond acceptors (Lipinski definition) is 3. The minimum atomic E-state index is 0.452. The summed E-state index contributed by atoms with van der Waals surface area (Å²) in [6.07, 6.45) is 1.18. The van der Waals surface area contributed by atoms with E-state index in [1.165, 1.54) is 22.6 Å². The summed E-state index contributed by atoms with van der Waals surface area (Å²) in [6, 6.07) is 13.2. The number of aryl methyl sites for hydroxylation is 1. The van der Waals surface area contributed by atoms with E-state index in [9.17, 15) is 0 Å². The number of rotatable bonds is 3. The fraction of sp³-hybridized carbons (Fsp3) is 0.333. The van der Waals surface area contributed by atoms with Crippen LogP contribution in [-0.2, 0) is 6.54 Å². The molecular formula is C15H17NOS. The van der Waals surface area contributed by atoms with Crippen molar-refractivity contribution in [1.29, 1.82) is 0 Å². The van der Waals surface area contributed by atoms with Gasteiger partial charge in [-0.15, -0.1) is 11.8 Å². The average molecular weight is 259 g/mol. The third kappa shape index (κ3) is 2.47. The van der Waals surface area contributed by atoms with E-state index < -0.39 is 0 Å². The van der Waals surface area contributed by atoms with Crippen LogP contribution in [0, 0.1) is 6.92 Å². The summed E-state index contributed by atoms with van der Waals surface area (Å²) in [6.45, 7) is 2.79. The van der Waals surface area contributed by atoms with E-state index in [0.29, 0.717) is 6.04 Å². The first-order chi connectivity index (χ1) is 8.83. The molecule has 0 saturated heterocycles. The zero-order chi connectivity index (χ0) is 12.4. The smallest absolute Gasteiger partial charge is 0.117 e. The third-order valence-electron chi connectivity index (χ3n) is 3.28. The van der Waals surface area contributed by atoms with E-state index in [2.05, 4.69) is 29.6 Å². The topological polar surface area (TPSA) is 25.2 Å². The highest BCUT2D eigenvalue weighted by Crippen LogP contribution is 2.35.